The normalized spacial score (nSPS) is 10.2. The van der Waals surface area contributed by atoms with Gasteiger partial charge in [-0.15, -0.1) is 0 Å². The summed E-state index contributed by atoms with van der Waals surface area (Å²) in [4.78, 5) is 11.3. The molecule has 0 aromatic heterocycles. The summed E-state index contributed by atoms with van der Waals surface area (Å²) in [7, 11) is 0. The number of alkyl halides is 1. The van der Waals surface area contributed by atoms with Crippen molar-refractivity contribution in [2.24, 2.45) is 0 Å². The fraction of sp³-hybridized carbons (Fsp3) is 0.417. The quantitative estimate of drug-likeness (QED) is 0.815. The van der Waals surface area contributed by atoms with Crippen LogP contribution >= 0.6 is 15.9 Å². The number of carbonyl (C=O) groups is 1. The Morgan fingerprint density at radius 3 is 2.62 bits per heavy atom. The summed E-state index contributed by atoms with van der Waals surface area (Å²) in [6.45, 7) is 2.42. The Balaban J connectivity index is 2.90. The Kier molecular flexibility index (Phi) is 5.49. The highest BCUT2D eigenvalue weighted by atomic mass is 79.9. The van der Waals surface area contributed by atoms with E-state index in [1.165, 1.54) is 0 Å². The fourth-order valence-corrected chi connectivity index (χ4v) is 1.65. The predicted octanol–water partition coefficient (Wildman–Crippen LogP) is 2.08. The molecule has 0 fully saturated rings. The third-order valence-electron chi connectivity index (χ3n) is 2.07. The van der Waals surface area contributed by atoms with E-state index in [9.17, 15) is 4.79 Å². The van der Waals surface area contributed by atoms with Crippen LogP contribution in [0.5, 0.6) is 5.75 Å². The summed E-state index contributed by atoms with van der Waals surface area (Å²) in [6, 6.07) is 5.44. The van der Waals surface area contributed by atoms with E-state index in [-0.39, 0.29) is 12.4 Å². The lowest BCUT2D eigenvalue weighted by atomic mass is 10.1. The molecule has 1 aromatic carbocycles. The highest BCUT2D eigenvalue weighted by Gasteiger charge is 2.05. The summed E-state index contributed by atoms with van der Waals surface area (Å²) in [5.74, 6) is 0.809. The first kappa shape index (κ1) is 13.2. The van der Waals surface area contributed by atoms with Crippen LogP contribution in [-0.2, 0) is 17.8 Å². The van der Waals surface area contributed by atoms with E-state index in [1.54, 1.807) is 6.07 Å². The van der Waals surface area contributed by atoms with Crippen molar-refractivity contribution in [3.05, 3.63) is 29.3 Å². The number of halogens is 1. The van der Waals surface area contributed by atoms with Crippen molar-refractivity contribution in [2.45, 2.75) is 20.0 Å². The summed E-state index contributed by atoms with van der Waals surface area (Å²) in [5.41, 5.74) is 1.64. The molecule has 0 heterocycles. The van der Waals surface area contributed by atoms with Crippen molar-refractivity contribution in [3.63, 3.8) is 0 Å². The second-order valence-electron chi connectivity index (χ2n) is 3.43. The molecule has 1 N–H and O–H groups in total. The Bertz CT molecular complexity index is 363. The molecule has 1 rings (SSSR count). The Morgan fingerprint density at radius 2 is 2.06 bits per heavy atom. The summed E-state index contributed by atoms with van der Waals surface area (Å²) >= 11 is 3.13. The molecular weight excluding hydrogens is 272 g/mol. The van der Waals surface area contributed by atoms with Gasteiger partial charge in [-0.3, -0.25) is 4.79 Å². The maximum Gasteiger partial charge on any atom is 0.147 e. The Morgan fingerprint density at radius 1 is 1.38 bits per heavy atom. The first-order valence-corrected chi connectivity index (χ1v) is 6.26. The number of aliphatic hydroxyl groups excluding tert-OH is 1. The molecule has 0 bridgehead atoms. The molecule has 4 heteroatoms. The molecule has 0 saturated heterocycles. The lowest BCUT2D eigenvalue weighted by Gasteiger charge is -2.08. The number of ether oxygens (including phenoxy) is 1. The van der Waals surface area contributed by atoms with Gasteiger partial charge in [-0.1, -0.05) is 22.0 Å². The van der Waals surface area contributed by atoms with Crippen LogP contribution < -0.4 is 4.74 Å². The molecule has 0 aliphatic rings. The Hall–Kier alpha value is -0.870. The van der Waals surface area contributed by atoms with Gasteiger partial charge in [-0.05, 0) is 30.2 Å². The first-order chi connectivity index (χ1) is 7.69. The lowest BCUT2D eigenvalue weighted by molar-refractivity contribution is -0.115. The zero-order chi connectivity index (χ0) is 12.0. The molecule has 0 amide bonds. The molecule has 3 nitrogen and oxygen atoms in total. The van der Waals surface area contributed by atoms with Gasteiger partial charge in [0.25, 0.3) is 0 Å². The first-order valence-electron chi connectivity index (χ1n) is 5.13. The average Bonchev–Trinajstić information content (AvgIpc) is 2.29. The second kappa shape index (κ2) is 6.66. The van der Waals surface area contributed by atoms with E-state index in [4.69, 9.17) is 9.84 Å². The zero-order valence-corrected chi connectivity index (χ0v) is 10.8. The monoisotopic (exact) mass is 286 g/mol. The van der Waals surface area contributed by atoms with Crippen LogP contribution in [0.15, 0.2) is 18.2 Å². The maximum absolute atomic E-state index is 11.3. The molecular formula is C12H15BrO3. The molecule has 88 valence electrons. The summed E-state index contributed by atoms with van der Waals surface area (Å²) in [6.07, 6.45) is 0.360. The highest BCUT2D eigenvalue weighted by molar-refractivity contribution is 9.09. The van der Waals surface area contributed by atoms with Gasteiger partial charge in [0.1, 0.15) is 11.5 Å². The molecule has 0 unspecified atom stereocenters. The van der Waals surface area contributed by atoms with Crippen LogP contribution in [0.3, 0.4) is 0 Å². The van der Waals surface area contributed by atoms with Gasteiger partial charge in [-0.2, -0.15) is 0 Å². The number of hydrogen-bond acceptors (Lipinski definition) is 3. The van der Waals surface area contributed by atoms with Gasteiger partial charge < -0.3 is 9.84 Å². The average molecular weight is 287 g/mol. The third-order valence-corrected chi connectivity index (χ3v) is 2.70. The number of carbonyl (C=O) groups excluding carboxylic acids is 1. The number of aliphatic hydroxyl groups is 1. The van der Waals surface area contributed by atoms with E-state index in [1.807, 2.05) is 19.1 Å². The number of Topliss-reactive ketones (excluding diaryl/α,β-unsaturated/α-hetero) is 1. The lowest BCUT2D eigenvalue weighted by Crippen LogP contribution is -2.04. The van der Waals surface area contributed by atoms with E-state index >= 15 is 0 Å². The minimum absolute atomic E-state index is 0.0452. The van der Waals surface area contributed by atoms with Gasteiger partial charge in [0.05, 0.1) is 18.5 Å². The molecule has 0 saturated carbocycles. The fourth-order valence-electron chi connectivity index (χ4n) is 1.45. The summed E-state index contributed by atoms with van der Waals surface area (Å²) in [5, 5.41) is 9.44. The second-order valence-corrected chi connectivity index (χ2v) is 3.99. The van der Waals surface area contributed by atoms with Gasteiger partial charge >= 0.3 is 0 Å². The van der Waals surface area contributed by atoms with Crippen LogP contribution in [-0.4, -0.2) is 22.8 Å². The predicted molar refractivity (Wildman–Crippen MR) is 66.0 cm³/mol. The van der Waals surface area contributed by atoms with Gasteiger partial charge in [0.15, 0.2) is 0 Å². The summed E-state index contributed by atoms with van der Waals surface area (Å²) < 4.78 is 5.37. The molecule has 16 heavy (non-hydrogen) atoms. The Labute approximate surface area is 104 Å². The molecule has 0 spiro atoms. The number of hydrogen-bond donors (Lipinski definition) is 1. The van der Waals surface area contributed by atoms with Crippen LogP contribution in [0.2, 0.25) is 0 Å². The smallest absolute Gasteiger partial charge is 0.147 e. The van der Waals surface area contributed by atoms with Crippen molar-refractivity contribution in [1.82, 2.24) is 0 Å². The minimum atomic E-state index is -0.0452. The molecule has 0 radical (unpaired) electrons. The van der Waals surface area contributed by atoms with Crippen molar-refractivity contribution < 1.29 is 14.6 Å². The van der Waals surface area contributed by atoms with E-state index in [0.717, 1.165) is 11.1 Å². The third kappa shape index (κ3) is 3.94. The minimum Gasteiger partial charge on any atom is -0.494 e. The molecule has 0 atom stereocenters. The van der Waals surface area contributed by atoms with Crippen molar-refractivity contribution >= 4 is 21.7 Å². The van der Waals surface area contributed by atoms with Crippen LogP contribution in [0.25, 0.3) is 0 Å². The maximum atomic E-state index is 11.3. The van der Waals surface area contributed by atoms with Crippen LogP contribution in [0.4, 0.5) is 0 Å². The van der Waals surface area contributed by atoms with Gasteiger partial charge in [-0.25, -0.2) is 0 Å². The largest absolute Gasteiger partial charge is 0.494 e. The molecule has 0 aliphatic carbocycles. The van der Waals surface area contributed by atoms with E-state index in [2.05, 4.69) is 15.9 Å². The van der Waals surface area contributed by atoms with Crippen LogP contribution in [0, 0.1) is 0 Å². The van der Waals surface area contributed by atoms with E-state index in [0.29, 0.717) is 24.1 Å². The topological polar surface area (TPSA) is 46.5 Å². The molecule has 0 aliphatic heterocycles. The number of ketones is 1. The molecule has 1 aromatic rings. The van der Waals surface area contributed by atoms with Gasteiger partial charge in [0, 0.05) is 6.42 Å². The van der Waals surface area contributed by atoms with Gasteiger partial charge in [0.2, 0.25) is 0 Å². The number of benzene rings is 1. The highest BCUT2D eigenvalue weighted by Crippen LogP contribution is 2.18. The van der Waals surface area contributed by atoms with Crippen molar-refractivity contribution in [1.29, 1.82) is 0 Å². The van der Waals surface area contributed by atoms with Crippen molar-refractivity contribution in [2.75, 3.05) is 11.9 Å². The van der Waals surface area contributed by atoms with Crippen molar-refractivity contribution in [3.8, 4) is 5.75 Å². The standard InChI is InChI=1S/C12H15BrO3/c1-2-16-12-5-9(4-11(15)7-13)3-10(6-12)8-14/h3,5-6,14H,2,4,7-8H2,1H3. The van der Waals surface area contributed by atoms with E-state index < -0.39 is 0 Å². The van der Waals surface area contributed by atoms with Crippen LogP contribution in [0.1, 0.15) is 18.1 Å². The SMILES string of the molecule is CCOc1cc(CO)cc(CC(=O)CBr)c1. The zero-order valence-electron chi connectivity index (χ0n) is 9.20. The number of rotatable bonds is 6.